The molecule has 3 rings (SSSR count). The summed E-state index contributed by atoms with van der Waals surface area (Å²) in [7, 11) is 0. The Labute approximate surface area is 166 Å². The molecule has 2 saturated heterocycles. The maximum absolute atomic E-state index is 12.8. The van der Waals surface area contributed by atoms with Gasteiger partial charge in [-0.2, -0.15) is 0 Å². The summed E-state index contributed by atoms with van der Waals surface area (Å²) in [6.45, 7) is 6.10. The Morgan fingerprint density at radius 2 is 1.85 bits per heavy atom. The largest absolute Gasteiger partial charge is 0.598 e. The fourth-order valence-electron chi connectivity index (χ4n) is 4.55. The van der Waals surface area contributed by atoms with Crippen LogP contribution in [0.1, 0.15) is 52.0 Å². The highest BCUT2D eigenvalue weighted by Crippen LogP contribution is 2.40. The SMILES string of the molecule is CC(C)(C)[S@+]([O-])N[C@@H](Cc1ccccc1)[C@@H]1C[C@H]2CC[C@@H](C1)N2C(=O)CN. The normalized spacial score (nSPS) is 27.4. The van der Waals surface area contributed by atoms with Gasteiger partial charge in [0.2, 0.25) is 5.91 Å². The molecule has 2 fully saturated rings. The quantitative estimate of drug-likeness (QED) is 0.730. The topological polar surface area (TPSA) is 81.4 Å². The fourth-order valence-corrected chi connectivity index (χ4v) is 5.45. The molecule has 1 amide bonds. The highest BCUT2D eigenvalue weighted by Gasteiger charge is 2.45. The second-order valence-electron chi connectivity index (χ2n) is 8.92. The van der Waals surface area contributed by atoms with Crippen LogP contribution in [0.2, 0.25) is 0 Å². The molecule has 0 aliphatic carbocycles. The van der Waals surface area contributed by atoms with Gasteiger partial charge in [0.25, 0.3) is 0 Å². The number of carbonyl (C=O) groups is 1. The lowest BCUT2D eigenvalue weighted by Gasteiger charge is -2.42. The number of piperidine rings is 1. The summed E-state index contributed by atoms with van der Waals surface area (Å²) < 4.78 is 16.0. The minimum Gasteiger partial charge on any atom is -0.598 e. The van der Waals surface area contributed by atoms with Crippen molar-refractivity contribution in [3.63, 3.8) is 0 Å². The molecule has 2 aliphatic heterocycles. The molecule has 0 saturated carbocycles. The highest BCUT2D eigenvalue weighted by atomic mass is 32.2. The summed E-state index contributed by atoms with van der Waals surface area (Å²) in [6, 6.07) is 11.1. The number of nitrogens with zero attached hydrogens (tertiary/aromatic N) is 1. The lowest BCUT2D eigenvalue weighted by Crippen LogP contribution is -2.54. The van der Waals surface area contributed by atoms with E-state index in [9.17, 15) is 9.35 Å². The van der Waals surface area contributed by atoms with Gasteiger partial charge in [0.1, 0.15) is 4.75 Å². The predicted octanol–water partition coefficient (Wildman–Crippen LogP) is 2.38. The van der Waals surface area contributed by atoms with Crippen LogP contribution in [0.15, 0.2) is 30.3 Å². The van der Waals surface area contributed by atoms with E-state index in [0.717, 1.165) is 32.1 Å². The molecular formula is C21H33N3O2S. The number of fused-ring (bicyclic) bond motifs is 2. The van der Waals surface area contributed by atoms with E-state index in [1.165, 1.54) is 5.56 Å². The van der Waals surface area contributed by atoms with Crippen molar-refractivity contribution in [1.82, 2.24) is 9.62 Å². The molecule has 150 valence electrons. The van der Waals surface area contributed by atoms with Crippen LogP contribution in [0.3, 0.4) is 0 Å². The Morgan fingerprint density at radius 1 is 1.26 bits per heavy atom. The van der Waals surface area contributed by atoms with E-state index in [1.807, 2.05) is 31.7 Å². The van der Waals surface area contributed by atoms with Crippen molar-refractivity contribution in [2.45, 2.75) is 75.7 Å². The fraction of sp³-hybridized carbons (Fsp3) is 0.667. The Kier molecular flexibility index (Phi) is 6.51. The third-order valence-corrected chi connectivity index (χ3v) is 7.54. The van der Waals surface area contributed by atoms with E-state index in [1.54, 1.807) is 0 Å². The summed E-state index contributed by atoms with van der Waals surface area (Å²) in [6.07, 6.45) is 4.92. The first-order chi connectivity index (χ1) is 12.8. The average Bonchev–Trinajstić information content (AvgIpc) is 2.90. The van der Waals surface area contributed by atoms with E-state index in [2.05, 4.69) is 29.0 Å². The van der Waals surface area contributed by atoms with Crippen molar-refractivity contribution in [2.75, 3.05) is 6.54 Å². The van der Waals surface area contributed by atoms with Gasteiger partial charge in [0.05, 0.1) is 12.6 Å². The molecule has 6 heteroatoms. The van der Waals surface area contributed by atoms with Gasteiger partial charge >= 0.3 is 0 Å². The number of amides is 1. The van der Waals surface area contributed by atoms with Crippen molar-refractivity contribution in [3.8, 4) is 0 Å². The van der Waals surface area contributed by atoms with E-state index in [4.69, 9.17) is 5.73 Å². The minimum absolute atomic E-state index is 0.0757. The molecule has 2 heterocycles. The maximum Gasteiger partial charge on any atom is 0.236 e. The Bertz CT molecular complexity index is 620. The van der Waals surface area contributed by atoms with Crippen LogP contribution in [0.25, 0.3) is 0 Å². The maximum atomic E-state index is 12.8. The van der Waals surface area contributed by atoms with Crippen LogP contribution in [-0.2, 0) is 22.6 Å². The molecule has 0 unspecified atom stereocenters. The van der Waals surface area contributed by atoms with Crippen LogP contribution in [0.4, 0.5) is 0 Å². The molecule has 5 nitrogen and oxygen atoms in total. The Hall–Kier alpha value is -1.08. The lowest BCUT2D eigenvalue weighted by atomic mass is 9.82. The van der Waals surface area contributed by atoms with Crippen molar-refractivity contribution in [3.05, 3.63) is 35.9 Å². The van der Waals surface area contributed by atoms with E-state index >= 15 is 0 Å². The van der Waals surface area contributed by atoms with Crippen LogP contribution < -0.4 is 10.5 Å². The first-order valence-electron chi connectivity index (χ1n) is 10.0. The van der Waals surface area contributed by atoms with Gasteiger partial charge in [-0.1, -0.05) is 30.3 Å². The van der Waals surface area contributed by atoms with Gasteiger partial charge in [-0.15, -0.1) is 4.72 Å². The Balaban J connectivity index is 1.76. The molecule has 1 aromatic rings. The van der Waals surface area contributed by atoms with Crippen LogP contribution >= 0.6 is 0 Å². The zero-order valence-corrected chi connectivity index (χ0v) is 17.5. The molecule has 1 aromatic carbocycles. The first-order valence-corrected chi connectivity index (χ1v) is 11.2. The van der Waals surface area contributed by atoms with E-state index in [-0.39, 0.29) is 35.3 Å². The minimum atomic E-state index is -1.11. The number of nitrogens with two attached hydrogens (primary N) is 1. The number of rotatable bonds is 6. The zero-order chi connectivity index (χ0) is 19.6. The van der Waals surface area contributed by atoms with Crippen LogP contribution in [0, 0.1) is 5.92 Å². The number of nitrogens with one attached hydrogen (secondary N) is 1. The summed E-state index contributed by atoms with van der Waals surface area (Å²) in [5.74, 6) is 0.489. The van der Waals surface area contributed by atoms with Gasteiger partial charge in [-0.3, -0.25) is 4.79 Å². The van der Waals surface area contributed by atoms with Crippen molar-refractivity contribution >= 4 is 17.3 Å². The summed E-state index contributed by atoms with van der Waals surface area (Å²) in [4.78, 5) is 14.3. The molecule has 2 aliphatic rings. The highest BCUT2D eigenvalue weighted by molar-refractivity contribution is 7.90. The smallest absolute Gasteiger partial charge is 0.236 e. The summed E-state index contributed by atoms with van der Waals surface area (Å²) >= 11 is -1.11. The molecule has 27 heavy (non-hydrogen) atoms. The molecular weight excluding hydrogens is 358 g/mol. The predicted molar refractivity (Wildman–Crippen MR) is 110 cm³/mol. The molecule has 5 atom stereocenters. The molecule has 2 bridgehead atoms. The summed E-state index contributed by atoms with van der Waals surface area (Å²) in [5.41, 5.74) is 6.88. The summed E-state index contributed by atoms with van der Waals surface area (Å²) in [5, 5.41) is 0. The lowest BCUT2D eigenvalue weighted by molar-refractivity contribution is -0.135. The Morgan fingerprint density at radius 3 is 2.37 bits per heavy atom. The van der Waals surface area contributed by atoms with Crippen LogP contribution in [-0.4, -0.2) is 44.8 Å². The van der Waals surface area contributed by atoms with Crippen molar-refractivity contribution in [2.24, 2.45) is 11.7 Å². The number of hydrogen-bond acceptors (Lipinski definition) is 4. The van der Waals surface area contributed by atoms with Gasteiger partial charge in [0.15, 0.2) is 0 Å². The number of hydrogen-bond donors (Lipinski definition) is 2. The number of benzene rings is 1. The van der Waals surface area contributed by atoms with Gasteiger partial charge in [-0.25, -0.2) is 0 Å². The van der Waals surface area contributed by atoms with Gasteiger partial charge < -0.3 is 15.2 Å². The standard InChI is InChI=1S/C21H33N3O2S/c1-21(2,3)27(26)23-19(11-15-7-5-4-6-8-15)16-12-17-9-10-18(13-16)24(17)20(25)14-22/h4-8,16-19,23H,9-14,22H2,1-3H3/t16-,17-,18+,19-,27-/m0/s1. The second kappa shape index (κ2) is 8.52. The third-order valence-electron chi connectivity index (χ3n) is 5.91. The van der Waals surface area contributed by atoms with Gasteiger partial charge in [0, 0.05) is 23.4 Å². The number of carbonyl (C=O) groups excluding carboxylic acids is 1. The van der Waals surface area contributed by atoms with E-state index < -0.39 is 11.4 Å². The van der Waals surface area contributed by atoms with Crippen LogP contribution in [0.5, 0.6) is 0 Å². The van der Waals surface area contributed by atoms with Crippen molar-refractivity contribution in [1.29, 1.82) is 0 Å². The van der Waals surface area contributed by atoms with E-state index in [0.29, 0.717) is 5.92 Å². The van der Waals surface area contributed by atoms with Gasteiger partial charge in [-0.05, 0) is 64.4 Å². The molecule has 0 spiro atoms. The third kappa shape index (κ3) is 4.86. The second-order valence-corrected chi connectivity index (χ2v) is 10.9. The molecule has 0 aromatic heterocycles. The average molecular weight is 392 g/mol. The monoisotopic (exact) mass is 391 g/mol. The molecule has 3 N–H and O–H groups in total. The first kappa shape index (κ1) is 20.6. The van der Waals surface area contributed by atoms with Crippen molar-refractivity contribution < 1.29 is 9.35 Å². The zero-order valence-electron chi connectivity index (χ0n) is 16.7. The molecule has 0 radical (unpaired) electrons.